The average molecular weight is 342 g/mol. The molecular formula is C20H26N2O3. The van der Waals surface area contributed by atoms with Crippen LogP contribution in [0.15, 0.2) is 42.7 Å². The Balaban J connectivity index is 2.30. The molecule has 0 fully saturated rings. The van der Waals surface area contributed by atoms with Gasteiger partial charge in [0.1, 0.15) is 11.8 Å². The van der Waals surface area contributed by atoms with Gasteiger partial charge < -0.3 is 14.5 Å². The number of rotatable bonds is 4. The van der Waals surface area contributed by atoms with Gasteiger partial charge in [-0.05, 0) is 32.4 Å². The second kappa shape index (κ2) is 7.55. The summed E-state index contributed by atoms with van der Waals surface area (Å²) in [6, 6.07) is 7.92. The molecule has 0 bridgehead atoms. The van der Waals surface area contributed by atoms with E-state index in [1.165, 1.54) is 6.08 Å². The monoisotopic (exact) mass is 342 g/mol. The van der Waals surface area contributed by atoms with Gasteiger partial charge in [-0.3, -0.25) is 4.79 Å². The molecule has 0 saturated carbocycles. The molecule has 0 spiro atoms. The lowest BCUT2D eigenvalue weighted by molar-refractivity contribution is -0.148. The lowest BCUT2D eigenvalue weighted by atomic mass is 10.00. The number of esters is 1. The average Bonchev–Trinajstić information content (AvgIpc) is 2.56. The molecule has 5 heteroatoms. The lowest BCUT2D eigenvalue weighted by Crippen LogP contribution is -2.39. The number of hydrogen-bond acceptors (Lipinski definition) is 4. The molecule has 5 nitrogen and oxygen atoms in total. The summed E-state index contributed by atoms with van der Waals surface area (Å²) >= 11 is 0. The summed E-state index contributed by atoms with van der Waals surface area (Å²) in [4.78, 5) is 27.8. The predicted molar refractivity (Wildman–Crippen MR) is 98.1 cm³/mol. The summed E-state index contributed by atoms with van der Waals surface area (Å²) in [6.45, 7) is 7.31. The van der Waals surface area contributed by atoms with E-state index >= 15 is 0 Å². The molecule has 25 heavy (non-hydrogen) atoms. The number of fused-ring (bicyclic) bond motifs is 1. The molecule has 1 aromatic carbocycles. The third kappa shape index (κ3) is 4.72. The zero-order valence-electron chi connectivity index (χ0n) is 15.5. The van der Waals surface area contributed by atoms with Gasteiger partial charge in [0.05, 0.1) is 0 Å². The number of nitrogens with zero attached hydrogens (tertiary/aromatic N) is 2. The van der Waals surface area contributed by atoms with Gasteiger partial charge in [0, 0.05) is 37.5 Å². The van der Waals surface area contributed by atoms with Crippen LogP contribution in [-0.4, -0.2) is 34.3 Å². The van der Waals surface area contributed by atoms with Crippen molar-refractivity contribution in [2.45, 2.75) is 45.9 Å². The van der Waals surface area contributed by atoms with Crippen molar-refractivity contribution in [1.29, 1.82) is 0 Å². The number of benzene rings is 1. The summed E-state index contributed by atoms with van der Waals surface area (Å²) in [5.74, 6) is -0.381. The van der Waals surface area contributed by atoms with Crippen molar-refractivity contribution >= 4 is 18.0 Å². The maximum atomic E-state index is 12.3. The molecule has 0 aliphatic carbocycles. The Morgan fingerprint density at radius 3 is 2.60 bits per heavy atom. The quantitative estimate of drug-likeness (QED) is 0.618. The van der Waals surface area contributed by atoms with E-state index in [9.17, 15) is 9.59 Å². The molecule has 0 saturated heterocycles. The van der Waals surface area contributed by atoms with Crippen LogP contribution in [0.4, 0.5) is 0 Å². The largest absolute Gasteiger partial charge is 0.457 e. The van der Waals surface area contributed by atoms with Crippen molar-refractivity contribution in [1.82, 2.24) is 9.80 Å². The minimum Gasteiger partial charge on any atom is -0.457 e. The Morgan fingerprint density at radius 1 is 1.28 bits per heavy atom. The van der Waals surface area contributed by atoms with Gasteiger partial charge in [-0.25, -0.2) is 4.79 Å². The topological polar surface area (TPSA) is 49.9 Å². The molecule has 1 aliphatic heterocycles. The molecule has 1 unspecified atom stereocenters. The van der Waals surface area contributed by atoms with Crippen LogP contribution in [-0.2, 0) is 14.3 Å². The second-order valence-corrected chi connectivity index (χ2v) is 6.97. The fourth-order valence-electron chi connectivity index (χ4n) is 2.71. The van der Waals surface area contributed by atoms with E-state index in [-0.39, 0.29) is 12.1 Å². The first-order valence-electron chi connectivity index (χ1n) is 8.44. The summed E-state index contributed by atoms with van der Waals surface area (Å²) in [6.07, 6.45) is 7.00. The smallest absolute Gasteiger partial charge is 0.332 e. The molecule has 1 heterocycles. The van der Waals surface area contributed by atoms with E-state index in [4.69, 9.17) is 4.74 Å². The first-order chi connectivity index (χ1) is 11.7. The summed E-state index contributed by atoms with van der Waals surface area (Å²) in [5, 5.41) is 0. The van der Waals surface area contributed by atoms with Gasteiger partial charge in [-0.15, -0.1) is 0 Å². The zero-order valence-corrected chi connectivity index (χ0v) is 15.5. The molecule has 0 radical (unpaired) electrons. The maximum Gasteiger partial charge on any atom is 0.332 e. The second-order valence-electron chi connectivity index (χ2n) is 6.97. The first-order valence-corrected chi connectivity index (χ1v) is 8.44. The van der Waals surface area contributed by atoms with Crippen LogP contribution < -0.4 is 0 Å². The Kier molecular flexibility index (Phi) is 5.67. The Bertz CT molecular complexity index is 701. The van der Waals surface area contributed by atoms with Gasteiger partial charge in [0.25, 0.3) is 0 Å². The van der Waals surface area contributed by atoms with Crippen molar-refractivity contribution in [3.63, 3.8) is 0 Å². The fourth-order valence-corrected chi connectivity index (χ4v) is 2.71. The molecular weight excluding hydrogens is 316 g/mol. The van der Waals surface area contributed by atoms with Crippen LogP contribution in [0.25, 0.3) is 6.08 Å². The van der Waals surface area contributed by atoms with Gasteiger partial charge in [0.2, 0.25) is 5.91 Å². The first kappa shape index (κ1) is 18.8. The number of hydrogen-bond donors (Lipinski definition) is 0. The fraction of sp³-hybridized carbons (Fsp3) is 0.400. The van der Waals surface area contributed by atoms with E-state index < -0.39 is 11.6 Å². The van der Waals surface area contributed by atoms with E-state index in [1.807, 2.05) is 69.1 Å². The number of carbonyl (C=O) groups excluding carboxylic acids is 2. The standard InChI is InChI=1S/C20H26N2O3/c1-6-17(23)21(5)19-16-10-8-7-9-15(16)11-13-22(19)14-12-18(24)25-20(2,3)4/h7-14,19H,6H2,1-5H3/b14-12+. The third-order valence-corrected chi connectivity index (χ3v) is 3.84. The third-order valence-electron chi connectivity index (χ3n) is 3.84. The highest BCUT2D eigenvalue weighted by atomic mass is 16.6. The summed E-state index contributed by atoms with van der Waals surface area (Å²) < 4.78 is 5.31. The molecule has 134 valence electrons. The molecule has 0 N–H and O–H groups in total. The van der Waals surface area contributed by atoms with Crippen LogP contribution in [0.2, 0.25) is 0 Å². The van der Waals surface area contributed by atoms with Crippen molar-refractivity contribution in [2.75, 3.05) is 7.05 Å². The normalized spacial score (nSPS) is 16.7. The highest BCUT2D eigenvalue weighted by Gasteiger charge is 2.28. The summed E-state index contributed by atoms with van der Waals surface area (Å²) in [7, 11) is 1.78. The lowest BCUT2D eigenvalue weighted by Gasteiger charge is -2.38. The highest BCUT2D eigenvalue weighted by molar-refractivity contribution is 5.82. The van der Waals surface area contributed by atoms with Crippen LogP contribution in [0.5, 0.6) is 0 Å². The van der Waals surface area contributed by atoms with E-state index in [0.29, 0.717) is 6.42 Å². The van der Waals surface area contributed by atoms with Gasteiger partial charge >= 0.3 is 5.97 Å². The van der Waals surface area contributed by atoms with E-state index in [1.54, 1.807) is 18.1 Å². The van der Waals surface area contributed by atoms with E-state index in [2.05, 4.69) is 0 Å². The van der Waals surface area contributed by atoms with Crippen molar-refractivity contribution in [3.05, 3.63) is 53.9 Å². The minimum absolute atomic E-state index is 0.0331. The predicted octanol–water partition coefficient (Wildman–Crippen LogP) is 3.70. The molecule has 1 atom stereocenters. The molecule has 1 aliphatic rings. The van der Waals surface area contributed by atoms with Crippen LogP contribution in [0.3, 0.4) is 0 Å². The number of carbonyl (C=O) groups is 2. The van der Waals surface area contributed by atoms with Crippen molar-refractivity contribution in [3.8, 4) is 0 Å². The van der Waals surface area contributed by atoms with Crippen LogP contribution in [0.1, 0.15) is 51.4 Å². The summed E-state index contributed by atoms with van der Waals surface area (Å²) in [5.41, 5.74) is 1.54. The highest BCUT2D eigenvalue weighted by Crippen LogP contribution is 2.32. The molecule has 1 aromatic rings. The SMILES string of the molecule is CCC(=O)N(C)C1c2ccccc2C=CN1/C=C/C(=O)OC(C)(C)C. The van der Waals surface area contributed by atoms with Gasteiger partial charge in [-0.1, -0.05) is 31.2 Å². The zero-order chi connectivity index (χ0) is 18.6. The van der Waals surface area contributed by atoms with Gasteiger partial charge in [0.15, 0.2) is 0 Å². The Labute approximate surface area is 149 Å². The minimum atomic E-state index is -0.542. The Hall–Kier alpha value is -2.56. The molecule has 0 aromatic heterocycles. The van der Waals surface area contributed by atoms with Crippen molar-refractivity contribution in [2.24, 2.45) is 0 Å². The molecule has 2 rings (SSSR count). The Morgan fingerprint density at radius 2 is 1.96 bits per heavy atom. The van der Waals surface area contributed by atoms with Crippen molar-refractivity contribution < 1.29 is 14.3 Å². The maximum absolute atomic E-state index is 12.3. The molecule has 1 amide bonds. The van der Waals surface area contributed by atoms with E-state index in [0.717, 1.165) is 11.1 Å². The number of ether oxygens (including phenoxy) is 1. The van der Waals surface area contributed by atoms with Crippen LogP contribution >= 0.6 is 0 Å². The van der Waals surface area contributed by atoms with Gasteiger partial charge in [-0.2, -0.15) is 0 Å². The number of amides is 1. The van der Waals surface area contributed by atoms with Crippen LogP contribution in [0, 0.1) is 0 Å².